The lowest BCUT2D eigenvalue weighted by Gasteiger charge is -2.24. The second-order valence-corrected chi connectivity index (χ2v) is 10.1. The SMILES string of the molecule is COC(=O)[C@H]1CN(C(=O)OC(C)(C)C)C[C@H]1Cc1cccc(OCCc2noc(-c3ccccc3)n2)c1. The molecule has 0 spiro atoms. The Kier molecular flexibility index (Phi) is 8.11. The molecule has 37 heavy (non-hydrogen) atoms. The highest BCUT2D eigenvalue weighted by Gasteiger charge is 2.41. The summed E-state index contributed by atoms with van der Waals surface area (Å²) in [6.07, 6.45) is 0.679. The van der Waals surface area contributed by atoms with E-state index >= 15 is 0 Å². The molecule has 9 heteroatoms. The van der Waals surface area contributed by atoms with Crippen LogP contribution in [0, 0.1) is 11.8 Å². The number of aromatic nitrogens is 2. The van der Waals surface area contributed by atoms with Crippen LogP contribution in [0.4, 0.5) is 4.79 Å². The van der Waals surface area contributed by atoms with Gasteiger partial charge in [0.05, 0.1) is 19.6 Å². The number of hydrogen-bond acceptors (Lipinski definition) is 8. The number of nitrogens with zero attached hydrogens (tertiary/aromatic N) is 3. The van der Waals surface area contributed by atoms with Gasteiger partial charge in [0, 0.05) is 25.1 Å². The molecule has 0 N–H and O–H groups in total. The molecule has 1 aliphatic heterocycles. The molecule has 0 bridgehead atoms. The zero-order valence-electron chi connectivity index (χ0n) is 21.7. The summed E-state index contributed by atoms with van der Waals surface area (Å²) in [4.78, 5) is 31.1. The number of esters is 1. The molecule has 1 aliphatic rings. The average Bonchev–Trinajstić information content (AvgIpc) is 3.51. The smallest absolute Gasteiger partial charge is 0.410 e. The van der Waals surface area contributed by atoms with Gasteiger partial charge in [-0.3, -0.25) is 4.79 Å². The molecule has 2 heterocycles. The van der Waals surface area contributed by atoms with E-state index in [0.717, 1.165) is 11.1 Å². The van der Waals surface area contributed by atoms with Crippen LogP contribution in [0.5, 0.6) is 5.75 Å². The monoisotopic (exact) mass is 507 g/mol. The van der Waals surface area contributed by atoms with Gasteiger partial charge in [0.15, 0.2) is 5.82 Å². The Bertz CT molecular complexity index is 1200. The number of benzene rings is 2. The first-order valence-corrected chi connectivity index (χ1v) is 12.4. The first-order chi connectivity index (χ1) is 17.7. The Balaban J connectivity index is 1.35. The molecule has 1 amide bonds. The third kappa shape index (κ3) is 7.09. The van der Waals surface area contributed by atoms with Crippen molar-refractivity contribution in [1.82, 2.24) is 15.0 Å². The fourth-order valence-electron chi connectivity index (χ4n) is 4.35. The van der Waals surface area contributed by atoms with Gasteiger partial charge in [-0.25, -0.2) is 4.79 Å². The van der Waals surface area contributed by atoms with E-state index in [4.69, 9.17) is 18.7 Å². The summed E-state index contributed by atoms with van der Waals surface area (Å²) >= 11 is 0. The lowest BCUT2D eigenvalue weighted by atomic mass is 9.89. The minimum Gasteiger partial charge on any atom is -0.493 e. The second kappa shape index (κ2) is 11.5. The van der Waals surface area contributed by atoms with E-state index in [1.807, 2.05) is 75.4 Å². The summed E-state index contributed by atoms with van der Waals surface area (Å²) < 4.78 is 21.8. The van der Waals surface area contributed by atoms with Crippen LogP contribution in [0.1, 0.15) is 32.2 Å². The Morgan fingerprint density at radius 1 is 1.08 bits per heavy atom. The molecule has 2 aromatic carbocycles. The number of carbonyl (C=O) groups excluding carboxylic acids is 2. The maximum absolute atomic E-state index is 12.6. The van der Waals surface area contributed by atoms with Gasteiger partial charge >= 0.3 is 12.1 Å². The number of amides is 1. The molecular formula is C28H33N3O6. The van der Waals surface area contributed by atoms with Crippen LogP contribution in [-0.4, -0.2) is 59.5 Å². The van der Waals surface area contributed by atoms with Crippen LogP contribution < -0.4 is 4.74 Å². The first-order valence-electron chi connectivity index (χ1n) is 12.4. The van der Waals surface area contributed by atoms with Crippen LogP contribution in [-0.2, 0) is 27.1 Å². The van der Waals surface area contributed by atoms with E-state index in [0.29, 0.717) is 43.5 Å². The van der Waals surface area contributed by atoms with Crippen molar-refractivity contribution in [3.8, 4) is 17.2 Å². The lowest BCUT2D eigenvalue weighted by Crippen LogP contribution is -2.36. The molecule has 1 fully saturated rings. The maximum Gasteiger partial charge on any atom is 0.410 e. The fourth-order valence-corrected chi connectivity index (χ4v) is 4.35. The number of carbonyl (C=O) groups is 2. The van der Waals surface area contributed by atoms with Gasteiger partial charge in [0.25, 0.3) is 5.89 Å². The fraction of sp³-hybridized carbons (Fsp3) is 0.429. The summed E-state index contributed by atoms with van der Waals surface area (Å²) in [6.45, 7) is 6.55. The third-order valence-corrected chi connectivity index (χ3v) is 6.08. The van der Waals surface area contributed by atoms with Gasteiger partial charge in [-0.2, -0.15) is 4.98 Å². The Hall–Kier alpha value is -3.88. The van der Waals surface area contributed by atoms with Crippen LogP contribution in [0.3, 0.4) is 0 Å². The minimum atomic E-state index is -0.605. The highest BCUT2D eigenvalue weighted by atomic mass is 16.6. The minimum absolute atomic E-state index is 0.0917. The molecule has 3 aromatic rings. The largest absolute Gasteiger partial charge is 0.493 e. The van der Waals surface area contributed by atoms with E-state index in [9.17, 15) is 9.59 Å². The van der Waals surface area contributed by atoms with E-state index < -0.39 is 17.6 Å². The number of likely N-dealkylation sites (tertiary alicyclic amines) is 1. The summed E-state index contributed by atoms with van der Waals surface area (Å²) in [5.74, 6) is 0.934. The van der Waals surface area contributed by atoms with Crippen molar-refractivity contribution in [3.63, 3.8) is 0 Å². The van der Waals surface area contributed by atoms with E-state index in [2.05, 4.69) is 10.1 Å². The number of ether oxygens (including phenoxy) is 3. The number of hydrogen-bond donors (Lipinski definition) is 0. The Morgan fingerprint density at radius 2 is 1.86 bits per heavy atom. The Morgan fingerprint density at radius 3 is 2.59 bits per heavy atom. The molecule has 0 aliphatic carbocycles. The van der Waals surface area contributed by atoms with Crippen molar-refractivity contribution in [2.45, 2.75) is 39.2 Å². The maximum atomic E-state index is 12.6. The lowest BCUT2D eigenvalue weighted by molar-refractivity contribution is -0.146. The highest BCUT2D eigenvalue weighted by molar-refractivity contribution is 5.76. The van der Waals surface area contributed by atoms with Gasteiger partial charge in [0.1, 0.15) is 11.4 Å². The summed E-state index contributed by atoms with van der Waals surface area (Å²) in [5, 5.41) is 4.03. The van der Waals surface area contributed by atoms with Crippen molar-refractivity contribution in [2.75, 3.05) is 26.8 Å². The van der Waals surface area contributed by atoms with Crippen molar-refractivity contribution >= 4 is 12.1 Å². The van der Waals surface area contributed by atoms with Gasteiger partial charge in [-0.1, -0.05) is 35.5 Å². The number of rotatable bonds is 8. The molecule has 0 unspecified atom stereocenters. The molecular weight excluding hydrogens is 474 g/mol. The number of methoxy groups -OCH3 is 1. The molecule has 0 saturated carbocycles. The molecule has 1 aromatic heterocycles. The predicted octanol–water partition coefficient (Wildman–Crippen LogP) is 4.56. The van der Waals surface area contributed by atoms with Crippen molar-refractivity contribution in [1.29, 1.82) is 0 Å². The molecule has 4 rings (SSSR count). The highest BCUT2D eigenvalue weighted by Crippen LogP contribution is 2.30. The van der Waals surface area contributed by atoms with Gasteiger partial charge in [0.2, 0.25) is 0 Å². The normalized spacial score (nSPS) is 17.5. The standard InChI is InChI=1S/C28H33N3O6/c1-28(2,3)36-27(33)31-17-21(23(18-31)26(32)34-4)15-19-9-8-12-22(16-19)35-14-13-24-29-25(37-30-24)20-10-6-5-7-11-20/h5-12,16,21,23H,13-15,17-18H2,1-4H3/t21-,23+/m1/s1. The molecule has 0 radical (unpaired) electrons. The van der Waals surface area contributed by atoms with E-state index in [-0.39, 0.29) is 18.4 Å². The zero-order chi connectivity index (χ0) is 26.4. The summed E-state index contributed by atoms with van der Waals surface area (Å²) in [5.41, 5.74) is 1.28. The second-order valence-electron chi connectivity index (χ2n) is 10.1. The van der Waals surface area contributed by atoms with Crippen molar-refractivity contribution < 1.29 is 28.3 Å². The van der Waals surface area contributed by atoms with Crippen LogP contribution in [0.2, 0.25) is 0 Å². The molecule has 196 valence electrons. The first kappa shape index (κ1) is 26.2. The zero-order valence-corrected chi connectivity index (χ0v) is 21.7. The predicted molar refractivity (Wildman–Crippen MR) is 136 cm³/mol. The molecule has 2 atom stereocenters. The van der Waals surface area contributed by atoms with Gasteiger partial charge < -0.3 is 23.6 Å². The quantitative estimate of drug-likeness (QED) is 0.409. The van der Waals surface area contributed by atoms with Crippen LogP contribution >= 0.6 is 0 Å². The summed E-state index contributed by atoms with van der Waals surface area (Å²) in [7, 11) is 1.37. The van der Waals surface area contributed by atoms with E-state index in [1.165, 1.54) is 7.11 Å². The average molecular weight is 508 g/mol. The topological polar surface area (TPSA) is 104 Å². The molecule has 1 saturated heterocycles. The van der Waals surface area contributed by atoms with Crippen LogP contribution in [0.25, 0.3) is 11.5 Å². The molecule has 9 nitrogen and oxygen atoms in total. The summed E-state index contributed by atoms with van der Waals surface area (Å²) in [6, 6.07) is 17.4. The van der Waals surface area contributed by atoms with Crippen LogP contribution in [0.15, 0.2) is 59.1 Å². The Labute approximate surface area is 216 Å². The van der Waals surface area contributed by atoms with Crippen molar-refractivity contribution in [2.24, 2.45) is 11.8 Å². The van der Waals surface area contributed by atoms with Gasteiger partial charge in [-0.05, 0) is 62.9 Å². The van der Waals surface area contributed by atoms with E-state index in [1.54, 1.807) is 4.90 Å². The third-order valence-electron chi connectivity index (χ3n) is 6.08. The van der Waals surface area contributed by atoms with Crippen molar-refractivity contribution in [3.05, 3.63) is 66.0 Å². The van der Waals surface area contributed by atoms with Gasteiger partial charge in [-0.15, -0.1) is 0 Å².